The van der Waals surface area contributed by atoms with Crippen molar-refractivity contribution in [3.63, 3.8) is 0 Å². The molecule has 0 saturated heterocycles. The van der Waals surface area contributed by atoms with Crippen LogP contribution in [0.15, 0.2) is 0 Å². The van der Waals surface area contributed by atoms with Crippen LogP contribution in [0.25, 0.3) is 0 Å². The Morgan fingerprint density at radius 1 is 1.54 bits per heavy atom. The summed E-state index contributed by atoms with van der Waals surface area (Å²) in [5.41, 5.74) is -0.199. The molecule has 0 aromatic carbocycles. The molecule has 13 heavy (non-hydrogen) atoms. The molecule has 0 atom stereocenters. The first-order chi connectivity index (χ1) is 5.83. The number of nitrogens with one attached hydrogen (secondary N) is 1. The van der Waals surface area contributed by atoms with Gasteiger partial charge in [0.15, 0.2) is 0 Å². The molecule has 0 aromatic heterocycles. The van der Waals surface area contributed by atoms with Crippen molar-refractivity contribution < 1.29 is 14.7 Å². The third-order valence-electron chi connectivity index (χ3n) is 1.21. The molecule has 2 N–H and O–H groups in total. The number of amides is 2. The normalized spacial score (nSPS) is 11.2. The first kappa shape index (κ1) is 12.2. The van der Waals surface area contributed by atoms with Crippen molar-refractivity contribution in [2.24, 2.45) is 0 Å². The van der Waals surface area contributed by atoms with Crippen LogP contribution in [0.4, 0.5) is 4.79 Å². The number of hydrogen-bond donors (Lipinski definition) is 2. The van der Waals surface area contributed by atoms with Crippen molar-refractivity contribution in [2.45, 2.75) is 26.4 Å². The van der Waals surface area contributed by atoms with Crippen LogP contribution in [0.2, 0.25) is 0 Å². The number of hydrogen-bond acceptors (Lipinski definition) is 3. The molecule has 0 spiro atoms. The third-order valence-corrected chi connectivity index (χ3v) is 1.21. The summed E-state index contributed by atoms with van der Waals surface area (Å²) < 4.78 is 5.34. The maximum atomic E-state index is 10.8. The Balaban J connectivity index is 3.42. The lowest BCUT2D eigenvalue weighted by molar-refractivity contribution is -0.0230. The monoisotopic (exact) mass is 190 g/mol. The van der Waals surface area contributed by atoms with Gasteiger partial charge < -0.3 is 10.1 Å². The summed E-state index contributed by atoms with van der Waals surface area (Å²) in [6.45, 7) is 6.64. The Kier molecular flexibility index (Phi) is 4.72. The number of hydroxylamine groups is 2. The van der Waals surface area contributed by atoms with Crippen LogP contribution in [-0.2, 0) is 4.74 Å². The Hall–Kier alpha value is -0.810. The van der Waals surface area contributed by atoms with Gasteiger partial charge in [-0.1, -0.05) is 0 Å². The van der Waals surface area contributed by atoms with E-state index in [1.807, 2.05) is 20.8 Å². The second-order valence-electron chi connectivity index (χ2n) is 3.72. The van der Waals surface area contributed by atoms with E-state index in [1.165, 1.54) is 7.05 Å². The van der Waals surface area contributed by atoms with Gasteiger partial charge in [-0.3, -0.25) is 5.21 Å². The van der Waals surface area contributed by atoms with Crippen molar-refractivity contribution in [1.82, 2.24) is 10.4 Å². The molecule has 0 radical (unpaired) electrons. The molecule has 0 aromatic rings. The molecule has 0 aliphatic heterocycles. The topological polar surface area (TPSA) is 61.8 Å². The van der Waals surface area contributed by atoms with E-state index < -0.39 is 6.03 Å². The molecule has 0 unspecified atom stereocenters. The molecule has 2 amide bonds. The minimum Gasteiger partial charge on any atom is -0.374 e. The van der Waals surface area contributed by atoms with Crippen LogP contribution in [0, 0.1) is 0 Å². The van der Waals surface area contributed by atoms with Crippen LogP contribution < -0.4 is 5.32 Å². The Bertz CT molecular complexity index is 163. The van der Waals surface area contributed by atoms with Gasteiger partial charge in [-0.05, 0) is 20.8 Å². The summed E-state index contributed by atoms with van der Waals surface area (Å²) >= 11 is 0. The summed E-state index contributed by atoms with van der Waals surface area (Å²) in [6.07, 6.45) is 0. The minimum absolute atomic E-state index is 0.199. The molecule has 0 saturated carbocycles. The summed E-state index contributed by atoms with van der Waals surface area (Å²) in [5, 5.41) is 11.6. The van der Waals surface area contributed by atoms with E-state index in [2.05, 4.69) is 5.32 Å². The highest BCUT2D eigenvalue weighted by Gasteiger charge is 2.10. The number of rotatable bonds is 3. The van der Waals surface area contributed by atoms with Gasteiger partial charge in [0, 0.05) is 13.6 Å². The molecule has 0 heterocycles. The zero-order chi connectivity index (χ0) is 10.5. The zero-order valence-corrected chi connectivity index (χ0v) is 8.63. The summed E-state index contributed by atoms with van der Waals surface area (Å²) in [7, 11) is 1.26. The number of nitrogens with zero attached hydrogens (tertiary/aromatic N) is 1. The highest BCUT2D eigenvalue weighted by atomic mass is 16.5. The molecule has 0 fully saturated rings. The highest BCUT2D eigenvalue weighted by Crippen LogP contribution is 2.04. The summed E-state index contributed by atoms with van der Waals surface area (Å²) in [6, 6.07) is -0.530. The van der Waals surface area contributed by atoms with Crippen molar-refractivity contribution in [3.05, 3.63) is 0 Å². The SMILES string of the molecule is CN(O)C(=O)NCCOC(C)(C)C. The molecule has 0 aliphatic carbocycles. The van der Waals surface area contributed by atoms with Gasteiger partial charge in [0.25, 0.3) is 0 Å². The second kappa shape index (κ2) is 5.04. The Morgan fingerprint density at radius 3 is 2.46 bits per heavy atom. The van der Waals surface area contributed by atoms with Crippen molar-refractivity contribution in [1.29, 1.82) is 0 Å². The van der Waals surface area contributed by atoms with E-state index in [4.69, 9.17) is 9.94 Å². The number of carbonyl (C=O) groups is 1. The predicted octanol–water partition coefficient (Wildman–Crippen LogP) is 0.832. The van der Waals surface area contributed by atoms with Gasteiger partial charge in [0.05, 0.1) is 12.2 Å². The summed E-state index contributed by atoms with van der Waals surface area (Å²) in [4.78, 5) is 10.8. The van der Waals surface area contributed by atoms with Crippen LogP contribution in [-0.4, -0.2) is 42.1 Å². The van der Waals surface area contributed by atoms with E-state index in [1.54, 1.807) is 0 Å². The largest absolute Gasteiger partial charge is 0.374 e. The molecular weight excluding hydrogens is 172 g/mol. The first-order valence-electron chi connectivity index (χ1n) is 4.17. The minimum atomic E-state index is -0.530. The number of carbonyl (C=O) groups excluding carboxylic acids is 1. The molecule has 5 heteroatoms. The quantitative estimate of drug-likeness (QED) is 0.393. The molecule has 5 nitrogen and oxygen atoms in total. The predicted molar refractivity (Wildman–Crippen MR) is 48.7 cm³/mol. The van der Waals surface area contributed by atoms with Gasteiger partial charge in [0.2, 0.25) is 0 Å². The molecular formula is C8H18N2O3. The lowest BCUT2D eigenvalue weighted by Gasteiger charge is -2.19. The fraction of sp³-hybridized carbons (Fsp3) is 0.875. The van der Waals surface area contributed by atoms with Gasteiger partial charge in [0.1, 0.15) is 0 Å². The second-order valence-corrected chi connectivity index (χ2v) is 3.72. The smallest absolute Gasteiger partial charge is 0.340 e. The Morgan fingerprint density at radius 2 is 2.08 bits per heavy atom. The van der Waals surface area contributed by atoms with E-state index in [0.717, 1.165) is 0 Å². The maximum absolute atomic E-state index is 10.8. The molecule has 78 valence electrons. The van der Waals surface area contributed by atoms with E-state index in [-0.39, 0.29) is 5.60 Å². The fourth-order valence-corrected chi connectivity index (χ4v) is 0.630. The summed E-state index contributed by atoms with van der Waals surface area (Å²) in [5.74, 6) is 0. The standard InChI is InChI=1S/C8H18N2O3/c1-8(2,3)13-6-5-9-7(11)10(4)12/h12H,5-6H2,1-4H3,(H,9,11). The third kappa shape index (κ3) is 7.55. The lowest BCUT2D eigenvalue weighted by atomic mass is 10.2. The average Bonchev–Trinajstić information content (AvgIpc) is 1.95. The van der Waals surface area contributed by atoms with E-state index >= 15 is 0 Å². The van der Waals surface area contributed by atoms with Crippen LogP contribution in [0.3, 0.4) is 0 Å². The average molecular weight is 190 g/mol. The molecule has 0 bridgehead atoms. The van der Waals surface area contributed by atoms with Crippen LogP contribution in [0.5, 0.6) is 0 Å². The first-order valence-corrected chi connectivity index (χ1v) is 4.17. The van der Waals surface area contributed by atoms with E-state index in [0.29, 0.717) is 18.2 Å². The van der Waals surface area contributed by atoms with Gasteiger partial charge in [-0.15, -0.1) is 0 Å². The van der Waals surface area contributed by atoms with Crippen LogP contribution in [0.1, 0.15) is 20.8 Å². The van der Waals surface area contributed by atoms with Gasteiger partial charge in [-0.2, -0.15) is 0 Å². The van der Waals surface area contributed by atoms with Crippen molar-refractivity contribution in [2.75, 3.05) is 20.2 Å². The van der Waals surface area contributed by atoms with Gasteiger partial charge in [-0.25, -0.2) is 9.86 Å². The maximum Gasteiger partial charge on any atom is 0.340 e. The van der Waals surface area contributed by atoms with Crippen molar-refractivity contribution in [3.8, 4) is 0 Å². The lowest BCUT2D eigenvalue weighted by Crippen LogP contribution is -2.37. The van der Waals surface area contributed by atoms with Crippen LogP contribution >= 0.6 is 0 Å². The Labute approximate surface area is 78.6 Å². The number of ether oxygens (including phenoxy) is 1. The van der Waals surface area contributed by atoms with E-state index in [9.17, 15) is 4.79 Å². The molecule has 0 rings (SSSR count). The fourth-order valence-electron chi connectivity index (χ4n) is 0.630. The van der Waals surface area contributed by atoms with Gasteiger partial charge >= 0.3 is 6.03 Å². The zero-order valence-electron chi connectivity index (χ0n) is 8.63. The molecule has 0 aliphatic rings. The van der Waals surface area contributed by atoms with Crippen molar-refractivity contribution >= 4 is 6.03 Å². The highest BCUT2D eigenvalue weighted by molar-refractivity contribution is 5.72. The number of urea groups is 1.